The number of carbonyl (C=O) groups is 1. The third kappa shape index (κ3) is 2.61. The molecule has 1 saturated heterocycles. The molecule has 1 N–H and O–H groups in total. The third-order valence-electron chi connectivity index (χ3n) is 3.84. The summed E-state index contributed by atoms with van der Waals surface area (Å²) in [6.45, 7) is 1.28. The third-order valence-corrected chi connectivity index (χ3v) is 3.84. The van der Waals surface area contributed by atoms with Crippen LogP contribution in [0.25, 0.3) is 0 Å². The fraction of sp³-hybridized carbons (Fsp3) is 0.333. The number of rotatable bonds is 3. The van der Waals surface area contributed by atoms with Crippen molar-refractivity contribution in [3.05, 3.63) is 47.5 Å². The van der Waals surface area contributed by atoms with Gasteiger partial charge in [-0.2, -0.15) is 5.10 Å². The number of methoxy groups -OCH3 is 1. The monoisotopic (exact) mass is 289 g/mol. The first-order valence-electron chi connectivity index (χ1n) is 6.81. The van der Waals surface area contributed by atoms with Crippen LogP contribution in [0.15, 0.2) is 30.5 Å². The molecule has 0 unspecified atom stereocenters. The quantitative estimate of drug-likeness (QED) is 0.942. The Morgan fingerprint density at radius 2 is 2.33 bits per heavy atom. The van der Waals surface area contributed by atoms with Crippen LogP contribution in [0.5, 0.6) is 5.75 Å². The van der Waals surface area contributed by atoms with Gasteiger partial charge in [0, 0.05) is 36.5 Å². The van der Waals surface area contributed by atoms with E-state index in [9.17, 15) is 9.18 Å². The van der Waals surface area contributed by atoms with Gasteiger partial charge in [-0.05, 0) is 30.7 Å². The molecule has 1 aromatic carbocycles. The summed E-state index contributed by atoms with van der Waals surface area (Å²) >= 11 is 0. The predicted molar refractivity (Wildman–Crippen MR) is 74.8 cm³/mol. The molecule has 1 aliphatic heterocycles. The summed E-state index contributed by atoms with van der Waals surface area (Å²) in [6, 6.07) is 6.22. The van der Waals surface area contributed by atoms with Crippen molar-refractivity contribution in [1.82, 2.24) is 15.1 Å². The van der Waals surface area contributed by atoms with Gasteiger partial charge in [0.1, 0.15) is 0 Å². The maximum absolute atomic E-state index is 13.7. The first kappa shape index (κ1) is 13.6. The van der Waals surface area contributed by atoms with Crippen LogP contribution >= 0.6 is 0 Å². The lowest BCUT2D eigenvalue weighted by Crippen LogP contribution is -2.28. The number of aromatic amines is 1. The van der Waals surface area contributed by atoms with Crippen molar-refractivity contribution >= 4 is 5.91 Å². The van der Waals surface area contributed by atoms with E-state index in [1.54, 1.807) is 17.2 Å². The lowest BCUT2D eigenvalue weighted by atomic mass is 10.1. The van der Waals surface area contributed by atoms with Crippen molar-refractivity contribution in [2.45, 2.75) is 12.3 Å². The van der Waals surface area contributed by atoms with E-state index < -0.39 is 5.82 Å². The number of H-pyrrole nitrogens is 1. The SMILES string of the molecule is COc1ccc(C(=O)N2CC[C@@H](c3ccn[nH]3)C2)cc1F. The molecule has 2 heterocycles. The number of halogens is 1. The maximum Gasteiger partial charge on any atom is 0.253 e. The number of amides is 1. The largest absolute Gasteiger partial charge is 0.494 e. The molecule has 0 spiro atoms. The molecule has 1 fully saturated rings. The van der Waals surface area contributed by atoms with Gasteiger partial charge in [-0.1, -0.05) is 0 Å². The van der Waals surface area contributed by atoms with Crippen molar-refractivity contribution in [3.8, 4) is 5.75 Å². The van der Waals surface area contributed by atoms with Gasteiger partial charge in [0.05, 0.1) is 7.11 Å². The average molecular weight is 289 g/mol. The van der Waals surface area contributed by atoms with Crippen LogP contribution < -0.4 is 4.74 Å². The van der Waals surface area contributed by atoms with E-state index in [1.165, 1.54) is 19.2 Å². The van der Waals surface area contributed by atoms with Gasteiger partial charge in [-0.15, -0.1) is 0 Å². The maximum atomic E-state index is 13.7. The lowest BCUT2D eigenvalue weighted by molar-refractivity contribution is 0.0790. The molecule has 0 aliphatic carbocycles. The second-order valence-corrected chi connectivity index (χ2v) is 5.10. The number of aromatic nitrogens is 2. The Labute approximate surface area is 121 Å². The highest BCUT2D eigenvalue weighted by atomic mass is 19.1. The lowest BCUT2D eigenvalue weighted by Gasteiger charge is -2.16. The Hall–Kier alpha value is -2.37. The molecule has 1 aromatic heterocycles. The molecule has 110 valence electrons. The molecule has 0 bridgehead atoms. The fourth-order valence-electron chi connectivity index (χ4n) is 2.67. The van der Waals surface area contributed by atoms with Crippen molar-refractivity contribution in [2.24, 2.45) is 0 Å². The summed E-state index contributed by atoms with van der Waals surface area (Å²) in [7, 11) is 1.40. The van der Waals surface area contributed by atoms with Crippen LogP contribution in [0.1, 0.15) is 28.4 Å². The normalized spacial score (nSPS) is 18.0. The van der Waals surface area contributed by atoms with Gasteiger partial charge in [0.2, 0.25) is 0 Å². The average Bonchev–Trinajstić information content (AvgIpc) is 3.17. The van der Waals surface area contributed by atoms with Crippen molar-refractivity contribution in [1.29, 1.82) is 0 Å². The van der Waals surface area contributed by atoms with Crippen LogP contribution in [-0.4, -0.2) is 41.2 Å². The van der Waals surface area contributed by atoms with Gasteiger partial charge in [-0.3, -0.25) is 9.89 Å². The summed E-state index contributed by atoms with van der Waals surface area (Å²) in [6.07, 6.45) is 2.59. The van der Waals surface area contributed by atoms with E-state index in [0.29, 0.717) is 18.7 Å². The van der Waals surface area contributed by atoms with Gasteiger partial charge in [0.15, 0.2) is 11.6 Å². The first-order valence-corrected chi connectivity index (χ1v) is 6.81. The Morgan fingerprint density at radius 1 is 1.48 bits per heavy atom. The molecule has 0 radical (unpaired) electrons. The zero-order valence-electron chi connectivity index (χ0n) is 11.7. The molecule has 5 nitrogen and oxygen atoms in total. The number of carbonyl (C=O) groups excluding carboxylic acids is 1. The van der Waals surface area contributed by atoms with Crippen LogP contribution in [-0.2, 0) is 0 Å². The molecule has 2 aromatic rings. The highest BCUT2D eigenvalue weighted by molar-refractivity contribution is 5.94. The predicted octanol–water partition coefficient (Wildman–Crippen LogP) is 2.19. The van der Waals surface area contributed by atoms with Crippen LogP contribution in [0, 0.1) is 5.82 Å². The molecule has 1 amide bonds. The topological polar surface area (TPSA) is 58.2 Å². The zero-order valence-corrected chi connectivity index (χ0v) is 11.7. The van der Waals surface area contributed by atoms with Crippen LogP contribution in [0.4, 0.5) is 4.39 Å². The van der Waals surface area contributed by atoms with Gasteiger partial charge >= 0.3 is 0 Å². The Bertz CT molecular complexity index is 642. The van der Waals surface area contributed by atoms with E-state index in [-0.39, 0.29) is 17.6 Å². The van der Waals surface area contributed by atoms with Crippen LogP contribution in [0.3, 0.4) is 0 Å². The summed E-state index contributed by atoms with van der Waals surface area (Å²) in [4.78, 5) is 14.1. The Balaban J connectivity index is 1.73. The zero-order chi connectivity index (χ0) is 14.8. The van der Waals surface area contributed by atoms with Gasteiger partial charge in [0.25, 0.3) is 5.91 Å². The van der Waals surface area contributed by atoms with Crippen molar-refractivity contribution in [2.75, 3.05) is 20.2 Å². The molecule has 21 heavy (non-hydrogen) atoms. The molecule has 6 heteroatoms. The summed E-state index contributed by atoms with van der Waals surface area (Å²) in [5.74, 6) is -0.269. The van der Waals surface area contributed by atoms with E-state index in [0.717, 1.165) is 12.1 Å². The number of nitrogens with one attached hydrogen (secondary N) is 1. The van der Waals surface area contributed by atoms with E-state index in [1.807, 2.05) is 6.07 Å². The van der Waals surface area contributed by atoms with E-state index in [2.05, 4.69) is 10.2 Å². The molecule has 1 atom stereocenters. The number of hydrogen-bond donors (Lipinski definition) is 1. The number of ether oxygens (including phenoxy) is 1. The summed E-state index contributed by atoms with van der Waals surface area (Å²) in [5, 5.41) is 6.87. The molecular formula is C15H16FN3O2. The smallest absolute Gasteiger partial charge is 0.253 e. The number of hydrogen-bond acceptors (Lipinski definition) is 3. The van der Waals surface area contributed by atoms with Crippen molar-refractivity contribution < 1.29 is 13.9 Å². The van der Waals surface area contributed by atoms with Crippen molar-refractivity contribution in [3.63, 3.8) is 0 Å². The minimum Gasteiger partial charge on any atom is -0.494 e. The van der Waals surface area contributed by atoms with E-state index in [4.69, 9.17) is 4.74 Å². The van der Waals surface area contributed by atoms with E-state index >= 15 is 0 Å². The Morgan fingerprint density at radius 3 is 3.00 bits per heavy atom. The standard InChI is InChI=1S/C15H16FN3O2/c1-21-14-3-2-10(8-12(14)16)15(20)19-7-5-11(9-19)13-4-6-17-18-13/h2-4,6,8,11H,5,7,9H2,1H3,(H,17,18)/t11-/m1/s1. The van der Waals surface area contributed by atoms with Gasteiger partial charge < -0.3 is 9.64 Å². The number of likely N-dealkylation sites (tertiary alicyclic amines) is 1. The molecule has 3 rings (SSSR count). The minimum absolute atomic E-state index is 0.142. The first-order chi connectivity index (χ1) is 10.2. The minimum atomic E-state index is -0.521. The second kappa shape index (κ2) is 5.55. The highest BCUT2D eigenvalue weighted by Crippen LogP contribution is 2.27. The molecular weight excluding hydrogens is 273 g/mol. The molecule has 0 saturated carbocycles. The second-order valence-electron chi connectivity index (χ2n) is 5.10. The van der Waals surface area contributed by atoms with Gasteiger partial charge in [-0.25, -0.2) is 4.39 Å². The fourth-order valence-corrected chi connectivity index (χ4v) is 2.67. The molecule has 1 aliphatic rings. The number of nitrogens with zero attached hydrogens (tertiary/aromatic N) is 2. The highest BCUT2D eigenvalue weighted by Gasteiger charge is 2.29. The Kier molecular flexibility index (Phi) is 3.60. The van der Waals surface area contributed by atoms with Crippen LogP contribution in [0.2, 0.25) is 0 Å². The summed E-state index contributed by atoms with van der Waals surface area (Å²) < 4.78 is 18.5. The summed E-state index contributed by atoms with van der Waals surface area (Å²) in [5.41, 5.74) is 1.38. The number of benzene rings is 1.